The molecular weight excluding hydrogens is 154 g/mol. The van der Waals surface area contributed by atoms with Crippen molar-refractivity contribution < 1.29 is 9.90 Å². The molecule has 0 bridgehead atoms. The third-order valence-corrected chi connectivity index (χ3v) is 2.56. The van der Waals surface area contributed by atoms with Crippen molar-refractivity contribution in [1.29, 1.82) is 0 Å². The molecule has 1 N–H and O–H groups in total. The smallest absolute Gasteiger partial charge is 0.181 e. The summed E-state index contributed by atoms with van der Waals surface area (Å²) in [5, 5.41) is 9.14. The standard InChI is InChI=1S/C9H15NO2/c1-3-6(2)9-7(5-11)4-8(12)10-9/h5-7,9H,3-4H2,1-2H3,(H,10,12). The Bertz CT molecular complexity index is 201. The van der Waals surface area contributed by atoms with Crippen molar-refractivity contribution in [2.75, 3.05) is 0 Å². The fraction of sp³-hybridized carbons (Fsp3) is 0.778. The van der Waals surface area contributed by atoms with Gasteiger partial charge in [-0.05, 0) is 5.92 Å². The molecule has 0 aromatic heterocycles. The maximum absolute atomic E-state index is 10.6. The number of hydrogen-bond acceptors (Lipinski definition) is 2. The molecule has 3 unspecified atom stereocenters. The Kier molecular flexibility index (Phi) is 2.84. The maximum atomic E-state index is 10.6. The highest BCUT2D eigenvalue weighted by molar-refractivity contribution is 5.80. The van der Waals surface area contributed by atoms with Gasteiger partial charge >= 0.3 is 0 Å². The van der Waals surface area contributed by atoms with Crippen LogP contribution in [0.25, 0.3) is 0 Å². The van der Waals surface area contributed by atoms with Gasteiger partial charge in [-0.1, -0.05) is 20.3 Å². The van der Waals surface area contributed by atoms with E-state index in [2.05, 4.69) is 18.8 Å². The predicted octanol–water partition coefficient (Wildman–Crippen LogP) is 1.58. The van der Waals surface area contributed by atoms with E-state index in [9.17, 15) is 4.79 Å². The van der Waals surface area contributed by atoms with Crippen LogP contribution in [-0.4, -0.2) is 23.3 Å². The van der Waals surface area contributed by atoms with Crippen LogP contribution in [0.3, 0.4) is 0 Å². The van der Waals surface area contributed by atoms with Crippen LogP contribution < -0.4 is 0 Å². The van der Waals surface area contributed by atoms with Crippen LogP contribution in [0.1, 0.15) is 26.7 Å². The lowest BCUT2D eigenvalue weighted by atomic mass is 9.89. The number of carbonyl (C=O) groups is 1. The van der Waals surface area contributed by atoms with Crippen LogP contribution in [0, 0.1) is 11.8 Å². The molecule has 0 fully saturated rings. The zero-order valence-electron chi connectivity index (χ0n) is 7.53. The quantitative estimate of drug-likeness (QED) is 0.652. The molecule has 0 aliphatic carbocycles. The topological polar surface area (TPSA) is 49.7 Å². The molecule has 3 atom stereocenters. The van der Waals surface area contributed by atoms with Crippen molar-refractivity contribution in [3.63, 3.8) is 0 Å². The Labute approximate surface area is 72.5 Å². The number of aldehydes is 1. The van der Waals surface area contributed by atoms with Gasteiger partial charge in [0.25, 0.3) is 0 Å². The molecule has 1 heterocycles. The molecule has 0 saturated heterocycles. The molecule has 1 aliphatic rings. The Morgan fingerprint density at radius 3 is 3.00 bits per heavy atom. The summed E-state index contributed by atoms with van der Waals surface area (Å²) in [6, 6.07) is 0.00694. The normalized spacial score (nSPS) is 31.3. The Balaban J connectivity index is 2.66. The van der Waals surface area contributed by atoms with E-state index in [0.717, 1.165) is 12.7 Å². The average Bonchev–Trinajstić information content (AvgIpc) is 2.45. The molecule has 1 aliphatic heterocycles. The maximum Gasteiger partial charge on any atom is 0.181 e. The second kappa shape index (κ2) is 3.70. The summed E-state index contributed by atoms with van der Waals surface area (Å²) in [5.41, 5.74) is 0. The van der Waals surface area contributed by atoms with Gasteiger partial charge in [0.05, 0.1) is 6.04 Å². The van der Waals surface area contributed by atoms with Gasteiger partial charge < -0.3 is 9.90 Å². The van der Waals surface area contributed by atoms with Gasteiger partial charge in [-0.25, -0.2) is 0 Å². The van der Waals surface area contributed by atoms with Crippen LogP contribution >= 0.6 is 0 Å². The monoisotopic (exact) mass is 169 g/mol. The van der Waals surface area contributed by atoms with Crippen LogP contribution in [0.15, 0.2) is 4.99 Å². The van der Waals surface area contributed by atoms with E-state index in [1.54, 1.807) is 0 Å². The van der Waals surface area contributed by atoms with Crippen molar-refractivity contribution in [3.8, 4) is 0 Å². The largest absolute Gasteiger partial charge is 0.497 e. The summed E-state index contributed by atoms with van der Waals surface area (Å²) in [5.74, 6) is 0.419. The molecular formula is C9H15NO2. The van der Waals surface area contributed by atoms with Crippen molar-refractivity contribution in [2.24, 2.45) is 16.8 Å². The van der Waals surface area contributed by atoms with E-state index in [1.165, 1.54) is 0 Å². The minimum absolute atomic E-state index is 0.00694. The van der Waals surface area contributed by atoms with E-state index < -0.39 is 0 Å². The first-order valence-corrected chi connectivity index (χ1v) is 4.40. The molecule has 0 spiro atoms. The highest BCUT2D eigenvalue weighted by Gasteiger charge is 2.31. The number of hydrogen-bond donors (Lipinski definition) is 1. The molecule has 0 aromatic carbocycles. The summed E-state index contributed by atoms with van der Waals surface area (Å²) in [7, 11) is 0. The van der Waals surface area contributed by atoms with Crippen LogP contribution in [-0.2, 0) is 4.79 Å². The van der Waals surface area contributed by atoms with Gasteiger partial charge in [-0.15, -0.1) is 0 Å². The van der Waals surface area contributed by atoms with Gasteiger partial charge in [0, 0.05) is 12.3 Å². The van der Waals surface area contributed by atoms with Gasteiger partial charge in [0.1, 0.15) is 6.29 Å². The fourth-order valence-electron chi connectivity index (χ4n) is 1.57. The minimum Gasteiger partial charge on any atom is -0.497 e. The summed E-state index contributed by atoms with van der Waals surface area (Å²) in [4.78, 5) is 14.7. The lowest BCUT2D eigenvalue weighted by Crippen LogP contribution is -2.22. The average molecular weight is 169 g/mol. The highest BCUT2D eigenvalue weighted by Crippen LogP contribution is 2.26. The highest BCUT2D eigenvalue weighted by atomic mass is 16.3. The summed E-state index contributed by atoms with van der Waals surface area (Å²) >= 11 is 0. The first kappa shape index (κ1) is 9.23. The molecule has 0 radical (unpaired) electrons. The van der Waals surface area contributed by atoms with Crippen molar-refractivity contribution >= 4 is 12.2 Å². The Hall–Kier alpha value is -0.860. The van der Waals surface area contributed by atoms with Gasteiger partial charge in [0.2, 0.25) is 0 Å². The molecule has 0 amide bonds. The summed E-state index contributed by atoms with van der Waals surface area (Å²) in [6.07, 6.45) is 2.33. The summed E-state index contributed by atoms with van der Waals surface area (Å²) in [6.45, 7) is 4.13. The molecule has 3 nitrogen and oxygen atoms in total. The SMILES string of the molecule is CCC(C)C1N=C(O)CC1C=O. The number of aliphatic imine (C=N–C) groups is 1. The van der Waals surface area contributed by atoms with Crippen LogP contribution in [0.5, 0.6) is 0 Å². The molecule has 0 saturated carbocycles. The second-order valence-electron chi connectivity index (χ2n) is 3.43. The van der Waals surface area contributed by atoms with Gasteiger partial charge in [0.15, 0.2) is 5.90 Å². The van der Waals surface area contributed by atoms with E-state index in [0.29, 0.717) is 12.3 Å². The fourth-order valence-corrected chi connectivity index (χ4v) is 1.57. The van der Waals surface area contributed by atoms with E-state index in [4.69, 9.17) is 5.11 Å². The van der Waals surface area contributed by atoms with Gasteiger partial charge in [-0.2, -0.15) is 0 Å². The lowest BCUT2D eigenvalue weighted by Gasteiger charge is -2.17. The van der Waals surface area contributed by atoms with Crippen molar-refractivity contribution in [1.82, 2.24) is 0 Å². The Morgan fingerprint density at radius 1 is 1.83 bits per heavy atom. The zero-order chi connectivity index (χ0) is 9.14. The number of nitrogens with zero attached hydrogens (tertiary/aromatic N) is 1. The van der Waals surface area contributed by atoms with E-state index in [-0.39, 0.29) is 17.9 Å². The Morgan fingerprint density at radius 2 is 2.50 bits per heavy atom. The van der Waals surface area contributed by atoms with Crippen molar-refractivity contribution in [3.05, 3.63) is 0 Å². The molecule has 1 rings (SSSR count). The molecule has 68 valence electrons. The lowest BCUT2D eigenvalue weighted by molar-refractivity contribution is -0.111. The summed E-state index contributed by atoms with van der Waals surface area (Å²) < 4.78 is 0. The van der Waals surface area contributed by atoms with E-state index >= 15 is 0 Å². The second-order valence-corrected chi connectivity index (χ2v) is 3.43. The van der Waals surface area contributed by atoms with Gasteiger partial charge in [-0.3, -0.25) is 4.99 Å². The molecule has 3 heteroatoms. The third-order valence-electron chi connectivity index (χ3n) is 2.56. The number of aliphatic hydroxyl groups is 1. The van der Waals surface area contributed by atoms with Crippen LogP contribution in [0.2, 0.25) is 0 Å². The number of carbonyl (C=O) groups excluding carboxylic acids is 1. The van der Waals surface area contributed by atoms with Crippen LogP contribution in [0.4, 0.5) is 0 Å². The third kappa shape index (κ3) is 1.65. The van der Waals surface area contributed by atoms with E-state index in [1.807, 2.05) is 0 Å². The predicted molar refractivity (Wildman–Crippen MR) is 47.5 cm³/mol. The first-order chi connectivity index (χ1) is 5.69. The number of rotatable bonds is 3. The number of aliphatic hydroxyl groups excluding tert-OH is 1. The molecule has 0 aromatic rings. The van der Waals surface area contributed by atoms with Crippen molar-refractivity contribution in [2.45, 2.75) is 32.7 Å². The zero-order valence-corrected chi connectivity index (χ0v) is 7.53. The minimum atomic E-state index is -0.0973. The first-order valence-electron chi connectivity index (χ1n) is 4.40. The molecule has 12 heavy (non-hydrogen) atoms.